The Morgan fingerprint density at radius 2 is 1.75 bits per heavy atom. The molecule has 0 aliphatic carbocycles. The molecule has 168 valence electrons. The van der Waals surface area contributed by atoms with Crippen molar-refractivity contribution in [2.75, 3.05) is 13.1 Å². The lowest BCUT2D eigenvalue weighted by Gasteiger charge is -2.36. The molecule has 0 bridgehead atoms. The van der Waals surface area contributed by atoms with Gasteiger partial charge in [-0.1, -0.05) is 81.4 Å². The fourth-order valence-corrected chi connectivity index (χ4v) is 4.39. The maximum atomic E-state index is 12.9. The van der Waals surface area contributed by atoms with E-state index in [1.54, 1.807) is 0 Å². The molecule has 6 nitrogen and oxygen atoms in total. The van der Waals surface area contributed by atoms with Crippen LogP contribution in [-0.4, -0.2) is 39.7 Å². The average Bonchev–Trinajstić information content (AvgIpc) is 3.33. The number of nitrogens with zero attached hydrogens (tertiary/aromatic N) is 3. The Balaban J connectivity index is 1.79. The summed E-state index contributed by atoms with van der Waals surface area (Å²) in [6.07, 6.45) is 2.28. The Labute approximate surface area is 190 Å². The molecule has 4 rings (SSSR count). The number of aromatic nitrogens is 2. The second-order valence-corrected chi connectivity index (χ2v) is 9.47. The standard InChI is InChI=1S/C26H32N4O2/c1-26(2,3)23(30-17-21(14-15-27)32-25(30)31)24-28-22(20-12-8-5-9-13-20)18-29(24)16-19-10-6-4-7-11-19/h4-13,18,21,23H,14-17,27H2,1-3H3/t21-,23-/m0/s1. The summed E-state index contributed by atoms with van der Waals surface area (Å²) in [5, 5.41) is 0. The van der Waals surface area contributed by atoms with Crippen molar-refractivity contribution in [3.05, 3.63) is 78.2 Å². The first-order valence-electron chi connectivity index (χ1n) is 11.2. The second kappa shape index (κ2) is 9.17. The lowest BCUT2D eigenvalue weighted by atomic mass is 9.85. The third-order valence-electron chi connectivity index (χ3n) is 5.84. The summed E-state index contributed by atoms with van der Waals surface area (Å²) < 4.78 is 7.81. The van der Waals surface area contributed by atoms with Gasteiger partial charge in [0.15, 0.2) is 0 Å². The first kappa shape index (κ1) is 22.1. The summed E-state index contributed by atoms with van der Waals surface area (Å²) in [7, 11) is 0. The normalized spacial score (nSPS) is 17.4. The fourth-order valence-electron chi connectivity index (χ4n) is 4.39. The highest BCUT2D eigenvalue weighted by molar-refractivity contribution is 5.71. The summed E-state index contributed by atoms with van der Waals surface area (Å²) in [4.78, 5) is 19.8. The van der Waals surface area contributed by atoms with Gasteiger partial charge in [0.2, 0.25) is 0 Å². The minimum atomic E-state index is -0.293. The van der Waals surface area contributed by atoms with Gasteiger partial charge in [0.25, 0.3) is 0 Å². The third-order valence-corrected chi connectivity index (χ3v) is 5.84. The SMILES string of the molecule is CC(C)(C)[C@H](c1nc(-c2ccccc2)cn1Cc1ccccc1)N1C[C@H](CCN)OC1=O. The lowest BCUT2D eigenvalue weighted by molar-refractivity contribution is 0.103. The smallest absolute Gasteiger partial charge is 0.410 e. The van der Waals surface area contributed by atoms with Crippen molar-refractivity contribution in [3.8, 4) is 11.3 Å². The number of hydrogen-bond acceptors (Lipinski definition) is 4. The van der Waals surface area contributed by atoms with Gasteiger partial charge in [0.05, 0.1) is 18.3 Å². The van der Waals surface area contributed by atoms with Crippen molar-refractivity contribution in [1.82, 2.24) is 14.5 Å². The van der Waals surface area contributed by atoms with Gasteiger partial charge in [-0.25, -0.2) is 9.78 Å². The highest BCUT2D eigenvalue weighted by Crippen LogP contribution is 2.41. The number of carbonyl (C=O) groups is 1. The van der Waals surface area contributed by atoms with E-state index < -0.39 is 0 Å². The van der Waals surface area contributed by atoms with Crippen LogP contribution in [0.2, 0.25) is 0 Å². The molecule has 2 heterocycles. The van der Waals surface area contributed by atoms with E-state index in [-0.39, 0.29) is 23.7 Å². The number of nitrogens with two attached hydrogens (primary N) is 1. The number of benzene rings is 2. The number of rotatable bonds is 7. The molecule has 32 heavy (non-hydrogen) atoms. The van der Waals surface area contributed by atoms with Gasteiger partial charge in [-0.2, -0.15) is 0 Å². The van der Waals surface area contributed by atoms with E-state index in [0.717, 1.165) is 17.1 Å². The quantitative estimate of drug-likeness (QED) is 0.579. The largest absolute Gasteiger partial charge is 0.444 e. The predicted molar refractivity (Wildman–Crippen MR) is 126 cm³/mol. The van der Waals surface area contributed by atoms with Gasteiger partial charge in [-0.05, 0) is 23.9 Å². The van der Waals surface area contributed by atoms with Crippen LogP contribution < -0.4 is 5.73 Å². The average molecular weight is 433 g/mol. The summed E-state index contributed by atoms with van der Waals surface area (Å²) in [6.45, 7) is 8.13. The number of imidazole rings is 1. The molecule has 1 aromatic heterocycles. The van der Waals surface area contributed by atoms with E-state index in [1.807, 2.05) is 41.3 Å². The van der Waals surface area contributed by atoms with E-state index in [2.05, 4.69) is 55.8 Å². The first-order chi connectivity index (χ1) is 15.4. The number of carbonyl (C=O) groups excluding carboxylic acids is 1. The van der Waals surface area contributed by atoms with Crippen LogP contribution in [0, 0.1) is 5.41 Å². The van der Waals surface area contributed by atoms with Crippen molar-refractivity contribution >= 4 is 6.09 Å². The molecule has 2 N–H and O–H groups in total. The Bertz CT molecular complexity index is 1040. The molecule has 1 amide bonds. The molecule has 0 radical (unpaired) electrons. The fraction of sp³-hybridized carbons (Fsp3) is 0.385. The van der Waals surface area contributed by atoms with Crippen molar-refractivity contribution in [2.45, 2.75) is 45.9 Å². The zero-order valence-corrected chi connectivity index (χ0v) is 19.1. The molecule has 1 saturated heterocycles. The van der Waals surface area contributed by atoms with E-state index in [1.165, 1.54) is 5.56 Å². The van der Waals surface area contributed by atoms with E-state index in [9.17, 15) is 4.79 Å². The number of ether oxygens (including phenoxy) is 1. The van der Waals surface area contributed by atoms with E-state index in [4.69, 9.17) is 15.5 Å². The highest BCUT2D eigenvalue weighted by atomic mass is 16.6. The Morgan fingerprint density at radius 1 is 1.09 bits per heavy atom. The van der Waals surface area contributed by atoms with Gasteiger partial charge in [-0.15, -0.1) is 0 Å². The van der Waals surface area contributed by atoms with Crippen LogP contribution in [0.1, 0.15) is 44.6 Å². The van der Waals surface area contributed by atoms with Gasteiger partial charge in [0, 0.05) is 18.3 Å². The zero-order chi connectivity index (χ0) is 22.7. The van der Waals surface area contributed by atoms with Crippen molar-refractivity contribution in [1.29, 1.82) is 0 Å². The van der Waals surface area contributed by atoms with Gasteiger partial charge in [0.1, 0.15) is 11.9 Å². The zero-order valence-electron chi connectivity index (χ0n) is 19.1. The molecular weight excluding hydrogens is 400 g/mol. The minimum Gasteiger partial charge on any atom is -0.444 e. The molecule has 1 fully saturated rings. The van der Waals surface area contributed by atoms with Crippen molar-refractivity contribution in [3.63, 3.8) is 0 Å². The van der Waals surface area contributed by atoms with Gasteiger partial charge < -0.3 is 15.0 Å². The monoisotopic (exact) mass is 432 g/mol. The van der Waals surface area contributed by atoms with Gasteiger partial charge >= 0.3 is 6.09 Å². The molecule has 3 aromatic rings. The maximum Gasteiger partial charge on any atom is 0.410 e. The van der Waals surface area contributed by atoms with Crippen LogP contribution in [0.25, 0.3) is 11.3 Å². The molecule has 2 atom stereocenters. The van der Waals surface area contributed by atoms with Crippen molar-refractivity contribution < 1.29 is 9.53 Å². The Kier molecular flexibility index (Phi) is 6.33. The van der Waals surface area contributed by atoms with E-state index in [0.29, 0.717) is 26.1 Å². The summed E-state index contributed by atoms with van der Waals surface area (Å²) in [6, 6.07) is 20.2. The first-order valence-corrected chi connectivity index (χ1v) is 11.2. The van der Waals surface area contributed by atoms with Crippen LogP contribution in [0.5, 0.6) is 0 Å². The highest BCUT2D eigenvalue weighted by Gasteiger charge is 2.44. The molecule has 0 saturated carbocycles. The molecule has 6 heteroatoms. The molecular formula is C26H32N4O2. The molecule has 1 aliphatic rings. The molecule has 1 aliphatic heterocycles. The number of hydrogen-bond donors (Lipinski definition) is 1. The summed E-state index contributed by atoms with van der Waals surface area (Å²) in [5.74, 6) is 0.866. The predicted octanol–water partition coefficient (Wildman–Crippen LogP) is 4.86. The summed E-state index contributed by atoms with van der Waals surface area (Å²) >= 11 is 0. The summed E-state index contributed by atoms with van der Waals surface area (Å²) in [5.41, 5.74) is 8.62. The number of amides is 1. The maximum absolute atomic E-state index is 12.9. The molecule has 0 spiro atoms. The Hall–Kier alpha value is -3.12. The topological polar surface area (TPSA) is 73.4 Å². The minimum absolute atomic E-state index is 0.177. The van der Waals surface area contributed by atoms with Crippen LogP contribution in [0.4, 0.5) is 4.79 Å². The lowest BCUT2D eigenvalue weighted by Crippen LogP contribution is -2.39. The van der Waals surface area contributed by atoms with Crippen molar-refractivity contribution in [2.24, 2.45) is 11.1 Å². The molecule has 2 aromatic carbocycles. The van der Waals surface area contributed by atoms with Crippen LogP contribution in [0.3, 0.4) is 0 Å². The van der Waals surface area contributed by atoms with Crippen LogP contribution in [0.15, 0.2) is 66.9 Å². The van der Waals surface area contributed by atoms with E-state index >= 15 is 0 Å². The second-order valence-electron chi connectivity index (χ2n) is 9.47. The van der Waals surface area contributed by atoms with Crippen LogP contribution in [-0.2, 0) is 11.3 Å². The number of cyclic esters (lactones) is 1. The van der Waals surface area contributed by atoms with Crippen LogP contribution >= 0.6 is 0 Å². The third kappa shape index (κ3) is 4.70. The molecule has 0 unspecified atom stereocenters. The van der Waals surface area contributed by atoms with Gasteiger partial charge in [-0.3, -0.25) is 4.90 Å². The Morgan fingerprint density at radius 3 is 2.38 bits per heavy atom.